The molecule has 0 aliphatic heterocycles. The third-order valence-corrected chi connectivity index (χ3v) is 3.56. The summed E-state index contributed by atoms with van der Waals surface area (Å²) in [5.74, 6) is 1.69. The summed E-state index contributed by atoms with van der Waals surface area (Å²) in [6.07, 6.45) is 1.03. The number of benzene rings is 2. The van der Waals surface area contributed by atoms with Crippen LogP contribution < -0.4 is 15.2 Å². The van der Waals surface area contributed by atoms with Crippen LogP contribution in [0.25, 0.3) is 0 Å². The molecule has 3 nitrogen and oxygen atoms in total. The zero-order valence-corrected chi connectivity index (χ0v) is 12.9. The van der Waals surface area contributed by atoms with Gasteiger partial charge in [0, 0.05) is 11.6 Å². The summed E-state index contributed by atoms with van der Waals surface area (Å²) in [5.41, 5.74) is 9.32. The summed E-state index contributed by atoms with van der Waals surface area (Å²) in [5, 5.41) is 0. The second kappa shape index (κ2) is 7.14. The molecule has 0 saturated carbocycles. The molecule has 0 aliphatic carbocycles. The molecular formula is C18H23NO2. The van der Waals surface area contributed by atoms with E-state index < -0.39 is 0 Å². The quantitative estimate of drug-likeness (QED) is 0.876. The molecule has 0 spiro atoms. The van der Waals surface area contributed by atoms with Gasteiger partial charge in [-0.1, -0.05) is 25.1 Å². The molecule has 0 bridgehead atoms. The number of nitrogens with two attached hydrogens (primary N) is 1. The van der Waals surface area contributed by atoms with Crippen molar-refractivity contribution in [2.75, 3.05) is 7.11 Å². The van der Waals surface area contributed by atoms with E-state index in [1.807, 2.05) is 37.3 Å². The maximum atomic E-state index is 5.93. The Kier molecular flexibility index (Phi) is 5.23. The molecular weight excluding hydrogens is 262 g/mol. The topological polar surface area (TPSA) is 44.5 Å². The SMILES string of the molecule is CCc1ccc(OCc2cc(C(C)N)ccc2OC)cc1. The first-order chi connectivity index (χ1) is 10.1. The fourth-order valence-corrected chi connectivity index (χ4v) is 2.18. The van der Waals surface area contributed by atoms with Gasteiger partial charge in [-0.05, 0) is 48.7 Å². The fourth-order valence-electron chi connectivity index (χ4n) is 2.18. The molecule has 21 heavy (non-hydrogen) atoms. The first kappa shape index (κ1) is 15.4. The van der Waals surface area contributed by atoms with Crippen molar-refractivity contribution in [1.29, 1.82) is 0 Å². The van der Waals surface area contributed by atoms with Crippen LogP contribution in [0.4, 0.5) is 0 Å². The van der Waals surface area contributed by atoms with E-state index in [9.17, 15) is 0 Å². The van der Waals surface area contributed by atoms with Gasteiger partial charge < -0.3 is 15.2 Å². The van der Waals surface area contributed by atoms with E-state index in [0.717, 1.165) is 29.0 Å². The van der Waals surface area contributed by atoms with E-state index >= 15 is 0 Å². The van der Waals surface area contributed by atoms with Crippen LogP contribution in [0.2, 0.25) is 0 Å². The second-order valence-electron chi connectivity index (χ2n) is 5.15. The molecule has 2 N–H and O–H groups in total. The van der Waals surface area contributed by atoms with E-state index in [0.29, 0.717) is 6.61 Å². The van der Waals surface area contributed by atoms with Crippen molar-refractivity contribution < 1.29 is 9.47 Å². The van der Waals surface area contributed by atoms with Crippen LogP contribution in [0.1, 0.15) is 36.6 Å². The van der Waals surface area contributed by atoms with Crippen molar-refractivity contribution in [1.82, 2.24) is 0 Å². The summed E-state index contributed by atoms with van der Waals surface area (Å²) in [7, 11) is 1.67. The lowest BCUT2D eigenvalue weighted by atomic mass is 10.1. The molecule has 0 aromatic heterocycles. The van der Waals surface area contributed by atoms with Gasteiger partial charge in [0.2, 0.25) is 0 Å². The summed E-state index contributed by atoms with van der Waals surface area (Å²) >= 11 is 0. The van der Waals surface area contributed by atoms with Crippen LogP contribution in [0.5, 0.6) is 11.5 Å². The highest BCUT2D eigenvalue weighted by molar-refractivity contribution is 5.38. The molecule has 112 valence electrons. The monoisotopic (exact) mass is 285 g/mol. The molecule has 2 aromatic rings. The Bertz CT molecular complexity index is 576. The molecule has 3 heteroatoms. The van der Waals surface area contributed by atoms with Crippen LogP contribution in [-0.4, -0.2) is 7.11 Å². The van der Waals surface area contributed by atoms with Crippen LogP contribution in [0.15, 0.2) is 42.5 Å². The van der Waals surface area contributed by atoms with Crippen molar-refractivity contribution in [3.8, 4) is 11.5 Å². The summed E-state index contributed by atoms with van der Waals surface area (Å²) in [6, 6.07) is 14.2. The molecule has 0 fully saturated rings. The minimum Gasteiger partial charge on any atom is -0.496 e. The maximum absolute atomic E-state index is 5.93. The molecule has 0 aliphatic rings. The highest BCUT2D eigenvalue weighted by Crippen LogP contribution is 2.24. The Morgan fingerprint density at radius 1 is 1.10 bits per heavy atom. The lowest BCUT2D eigenvalue weighted by molar-refractivity contribution is 0.296. The van der Waals surface area contributed by atoms with Crippen molar-refractivity contribution in [3.05, 3.63) is 59.2 Å². The average molecular weight is 285 g/mol. The Labute approximate surface area is 126 Å². The molecule has 1 atom stereocenters. The number of hydrogen-bond acceptors (Lipinski definition) is 3. The molecule has 1 unspecified atom stereocenters. The predicted molar refractivity (Wildman–Crippen MR) is 85.7 cm³/mol. The molecule has 0 heterocycles. The molecule has 0 amide bonds. The summed E-state index contributed by atoms with van der Waals surface area (Å²) < 4.78 is 11.2. The van der Waals surface area contributed by atoms with Crippen LogP contribution in [-0.2, 0) is 13.0 Å². The largest absolute Gasteiger partial charge is 0.496 e. The van der Waals surface area contributed by atoms with Gasteiger partial charge in [-0.3, -0.25) is 0 Å². The molecule has 0 saturated heterocycles. The second-order valence-corrected chi connectivity index (χ2v) is 5.15. The predicted octanol–water partition coefficient (Wildman–Crippen LogP) is 3.86. The van der Waals surface area contributed by atoms with Gasteiger partial charge in [0.1, 0.15) is 18.1 Å². The van der Waals surface area contributed by atoms with E-state index in [4.69, 9.17) is 15.2 Å². The van der Waals surface area contributed by atoms with Crippen molar-refractivity contribution in [3.63, 3.8) is 0 Å². The lowest BCUT2D eigenvalue weighted by Crippen LogP contribution is -2.07. The third-order valence-electron chi connectivity index (χ3n) is 3.56. The Morgan fingerprint density at radius 2 is 1.81 bits per heavy atom. The van der Waals surface area contributed by atoms with E-state index in [-0.39, 0.29) is 6.04 Å². The third kappa shape index (κ3) is 3.99. The minimum absolute atomic E-state index is 0.00139. The summed E-state index contributed by atoms with van der Waals surface area (Å²) in [4.78, 5) is 0. The van der Waals surface area contributed by atoms with Crippen molar-refractivity contribution >= 4 is 0 Å². The molecule has 2 aromatic carbocycles. The Balaban J connectivity index is 2.12. The van der Waals surface area contributed by atoms with E-state index in [2.05, 4.69) is 19.1 Å². The number of rotatable bonds is 6. The first-order valence-electron chi connectivity index (χ1n) is 7.28. The van der Waals surface area contributed by atoms with Gasteiger partial charge in [-0.25, -0.2) is 0 Å². The number of hydrogen-bond donors (Lipinski definition) is 1. The first-order valence-corrected chi connectivity index (χ1v) is 7.28. The summed E-state index contributed by atoms with van der Waals surface area (Å²) in [6.45, 7) is 4.57. The van der Waals surface area contributed by atoms with Crippen LogP contribution in [0, 0.1) is 0 Å². The Morgan fingerprint density at radius 3 is 2.38 bits per heavy atom. The zero-order chi connectivity index (χ0) is 15.2. The van der Waals surface area contributed by atoms with Crippen LogP contribution in [0.3, 0.4) is 0 Å². The zero-order valence-electron chi connectivity index (χ0n) is 12.9. The van der Waals surface area contributed by atoms with E-state index in [1.165, 1.54) is 5.56 Å². The number of aryl methyl sites for hydroxylation is 1. The average Bonchev–Trinajstić information content (AvgIpc) is 2.53. The van der Waals surface area contributed by atoms with Crippen LogP contribution >= 0.6 is 0 Å². The molecule has 2 rings (SSSR count). The molecule has 0 radical (unpaired) electrons. The van der Waals surface area contributed by atoms with Gasteiger partial charge in [0.05, 0.1) is 7.11 Å². The highest BCUT2D eigenvalue weighted by Gasteiger charge is 2.08. The standard InChI is InChI=1S/C18H23NO2/c1-4-14-5-8-17(9-6-14)21-12-16-11-15(13(2)19)7-10-18(16)20-3/h5-11,13H,4,12,19H2,1-3H3. The Hall–Kier alpha value is -2.00. The van der Waals surface area contributed by atoms with Gasteiger partial charge in [-0.2, -0.15) is 0 Å². The van der Waals surface area contributed by atoms with E-state index in [1.54, 1.807) is 7.11 Å². The number of ether oxygens (including phenoxy) is 2. The lowest BCUT2D eigenvalue weighted by Gasteiger charge is -2.14. The van der Waals surface area contributed by atoms with Gasteiger partial charge in [-0.15, -0.1) is 0 Å². The fraction of sp³-hybridized carbons (Fsp3) is 0.333. The number of methoxy groups -OCH3 is 1. The van der Waals surface area contributed by atoms with Gasteiger partial charge in [0.25, 0.3) is 0 Å². The minimum atomic E-state index is -0.00139. The van der Waals surface area contributed by atoms with Gasteiger partial charge in [0.15, 0.2) is 0 Å². The van der Waals surface area contributed by atoms with Gasteiger partial charge >= 0.3 is 0 Å². The van der Waals surface area contributed by atoms with Crippen molar-refractivity contribution in [2.45, 2.75) is 32.9 Å². The highest BCUT2D eigenvalue weighted by atomic mass is 16.5. The van der Waals surface area contributed by atoms with Crippen molar-refractivity contribution in [2.24, 2.45) is 5.73 Å². The normalized spacial score (nSPS) is 12.0. The maximum Gasteiger partial charge on any atom is 0.125 e. The smallest absolute Gasteiger partial charge is 0.125 e.